The minimum absolute atomic E-state index is 0.0712. The molecule has 0 saturated carbocycles. The lowest BCUT2D eigenvalue weighted by Crippen LogP contribution is -2.25. The van der Waals surface area contributed by atoms with Crippen LogP contribution in [0.1, 0.15) is 28.8 Å². The van der Waals surface area contributed by atoms with Crippen LogP contribution in [0, 0.1) is 0 Å². The Hall–Kier alpha value is -3.43. The third-order valence-corrected chi connectivity index (χ3v) is 5.73. The zero-order valence-electron chi connectivity index (χ0n) is 19.0. The van der Waals surface area contributed by atoms with E-state index in [2.05, 4.69) is 5.32 Å². The van der Waals surface area contributed by atoms with E-state index in [1.54, 1.807) is 14.2 Å². The molecule has 0 spiro atoms. The number of benzene rings is 3. The van der Waals surface area contributed by atoms with Crippen molar-refractivity contribution < 1.29 is 32.5 Å². The second-order valence-corrected chi connectivity index (χ2v) is 8.36. The van der Waals surface area contributed by atoms with Crippen LogP contribution in [0.3, 0.4) is 0 Å². The smallest absolute Gasteiger partial charge is 0.490 e. The maximum absolute atomic E-state index is 10.6. The van der Waals surface area contributed by atoms with Crippen molar-refractivity contribution in [3.63, 3.8) is 0 Å². The average molecular weight is 541 g/mol. The van der Waals surface area contributed by atoms with Crippen molar-refractivity contribution in [3.05, 3.63) is 93.5 Å². The molecule has 2 N–H and O–H groups in total. The van der Waals surface area contributed by atoms with Crippen LogP contribution in [0.25, 0.3) is 0 Å². The first kappa shape index (κ1) is 27.2. The number of aliphatic carboxylic acids is 1. The monoisotopic (exact) mass is 540 g/mol. The first-order valence-corrected chi connectivity index (χ1v) is 11.2. The number of carboxylic acid groups (broad SMARTS) is 1. The molecule has 0 bridgehead atoms. The van der Waals surface area contributed by atoms with Gasteiger partial charge in [-0.25, -0.2) is 4.79 Å². The number of halogens is 5. The van der Waals surface area contributed by atoms with Crippen LogP contribution < -0.4 is 14.8 Å². The summed E-state index contributed by atoms with van der Waals surface area (Å²) in [6, 6.07) is 21.1. The molecule has 3 aromatic rings. The van der Waals surface area contributed by atoms with E-state index in [1.807, 2.05) is 66.7 Å². The second kappa shape index (κ2) is 11.5. The summed E-state index contributed by atoms with van der Waals surface area (Å²) in [5, 5.41) is 12.1. The van der Waals surface area contributed by atoms with E-state index in [9.17, 15) is 13.2 Å². The van der Waals surface area contributed by atoms with Crippen molar-refractivity contribution in [3.8, 4) is 11.5 Å². The van der Waals surface area contributed by atoms with Gasteiger partial charge in [-0.05, 0) is 47.5 Å². The fourth-order valence-electron chi connectivity index (χ4n) is 3.56. The average Bonchev–Trinajstić information content (AvgIpc) is 3.29. The van der Waals surface area contributed by atoms with Gasteiger partial charge < -0.3 is 19.9 Å². The van der Waals surface area contributed by atoms with E-state index in [1.165, 1.54) is 0 Å². The minimum Gasteiger partial charge on any atom is -0.496 e. The highest BCUT2D eigenvalue weighted by molar-refractivity contribution is 6.30. The maximum Gasteiger partial charge on any atom is 0.490 e. The number of alkyl halides is 3. The Labute approximate surface area is 215 Å². The third-order valence-electron chi connectivity index (χ3n) is 5.22. The number of carbonyl (C=O) groups is 1. The number of hydrogen-bond acceptors (Lipinski definition) is 5. The molecule has 1 aliphatic heterocycles. The van der Waals surface area contributed by atoms with Gasteiger partial charge in [0.15, 0.2) is 0 Å². The number of rotatable bonds is 5. The standard InChI is InChI=1S/C23H20Cl2N2O2.C2HF3O2/c1-28-18-4-3-5-19(29-2)20(18)23-26-21(14-6-10-16(24)11-7-14)22(27-23)15-8-12-17(25)13-9-15;3-2(4,5)1(6)7/h3-13,21-22H,1-2H3,(H,26,27);(H,6,7)/t21-,22+;. The number of ether oxygens (including phenoxy) is 2. The fraction of sp³-hybridized carbons (Fsp3) is 0.200. The summed E-state index contributed by atoms with van der Waals surface area (Å²) < 4.78 is 42.9. The molecule has 0 aromatic heterocycles. The highest BCUT2D eigenvalue weighted by atomic mass is 35.5. The fourth-order valence-corrected chi connectivity index (χ4v) is 3.81. The lowest BCUT2D eigenvalue weighted by Gasteiger charge is -2.20. The molecule has 3 aromatic carbocycles. The van der Waals surface area contributed by atoms with Crippen LogP contribution in [-0.2, 0) is 4.79 Å². The van der Waals surface area contributed by atoms with Crippen LogP contribution in [0.15, 0.2) is 71.7 Å². The number of nitrogens with zero attached hydrogens (tertiary/aromatic N) is 1. The Morgan fingerprint density at radius 1 is 0.889 bits per heavy atom. The predicted octanol–water partition coefficient (Wildman–Crippen LogP) is 6.48. The molecule has 0 amide bonds. The first-order valence-electron chi connectivity index (χ1n) is 10.4. The molecule has 1 heterocycles. The first-order chi connectivity index (χ1) is 17.0. The summed E-state index contributed by atoms with van der Waals surface area (Å²) in [6.07, 6.45) is -5.08. The van der Waals surface area contributed by atoms with Crippen molar-refractivity contribution in [2.75, 3.05) is 14.2 Å². The number of nitrogens with one attached hydrogen (secondary N) is 1. The summed E-state index contributed by atoms with van der Waals surface area (Å²) in [6.45, 7) is 0. The molecule has 6 nitrogen and oxygen atoms in total. The van der Waals surface area contributed by atoms with Gasteiger partial charge in [0.2, 0.25) is 0 Å². The van der Waals surface area contributed by atoms with Gasteiger partial charge in [-0.1, -0.05) is 53.5 Å². The molecule has 190 valence electrons. The number of aliphatic imine (C=N–C) groups is 1. The van der Waals surface area contributed by atoms with E-state index in [0.29, 0.717) is 21.5 Å². The summed E-state index contributed by atoms with van der Waals surface area (Å²) >= 11 is 12.2. The molecule has 1 aliphatic rings. The van der Waals surface area contributed by atoms with Gasteiger partial charge in [0.1, 0.15) is 28.9 Å². The van der Waals surface area contributed by atoms with Crippen molar-refractivity contribution in [2.24, 2.45) is 4.99 Å². The van der Waals surface area contributed by atoms with Crippen LogP contribution in [0.2, 0.25) is 10.0 Å². The maximum atomic E-state index is 10.6. The molecular formula is C25H21Cl2F3N2O4. The minimum atomic E-state index is -5.08. The molecule has 36 heavy (non-hydrogen) atoms. The highest BCUT2D eigenvalue weighted by Gasteiger charge is 2.38. The predicted molar refractivity (Wildman–Crippen MR) is 131 cm³/mol. The molecule has 0 radical (unpaired) electrons. The summed E-state index contributed by atoms with van der Waals surface area (Å²) in [4.78, 5) is 13.9. The van der Waals surface area contributed by atoms with E-state index in [4.69, 9.17) is 47.6 Å². The van der Waals surface area contributed by atoms with Gasteiger partial charge in [-0.2, -0.15) is 13.2 Å². The molecular weight excluding hydrogens is 520 g/mol. The van der Waals surface area contributed by atoms with Crippen LogP contribution in [-0.4, -0.2) is 37.3 Å². The zero-order chi connectivity index (χ0) is 26.5. The lowest BCUT2D eigenvalue weighted by molar-refractivity contribution is -0.192. The Balaban J connectivity index is 0.000000454. The van der Waals surface area contributed by atoms with Gasteiger partial charge in [-0.15, -0.1) is 0 Å². The topological polar surface area (TPSA) is 80.2 Å². The van der Waals surface area contributed by atoms with Gasteiger partial charge in [0, 0.05) is 10.0 Å². The number of hydrogen-bond donors (Lipinski definition) is 2. The molecule has 11 heteroatoms. The Morgan fingerprint density at radius 3 is 1.75 bits per heavy atom. The lowest BCUT2D eigenvalue weighted by atomic mass is 9.95. The van der Waals surface area contributed by atoms with Crippen molar-refractivity contribution >= 4 is 35.0 Å². The zero-order valence-corrected chi connectivity index (χ0v) is 20.5. The van der Waals surface area contributed by atoms with Crippen molar-refractivity contribution in [1.82, 2.24) is 5.32 Å². The van der Waals surface area contributed by atoms with Crippen LogP contribution in [0.4, 0.5) is 13.2 Å². The normalized spacial score (nSPS) is 16.8. The molecule has 0 fully saturated rings. The molecule has 4 rings (SSSR count). The Morgan fingerprint density at radius 2 is 1.33 bits per heavy atom. The summed E-state index contributed by atoms with van der Waals surface area (Å²) in [5.74, 6) is -0.642. The number of amidine groups is 1. The molecule has 2 atom stereocenters. The van der Waals surface area contributed by atoms with Gasteiger partial charge in [0.05, 0.1) is 20.3 Å². The van der Waals surface area contributed by atoms with Gasteiger partial charge in [-0.3, -0.25) is 4.99 Å². The summed E-state index contributed by atoms with van der Waals surface area (Å²) in [5.41, 5.74) is 2.95. The molecule has 0 aliphatic carbocycles. The molecule has 0 saturated heterocycles. The quantitative estimate of drug-likeness (QED) is 0.387. The largest absolute Gasteiger partial charge is 0.496 e. The Kier molecular flexibility index (Phi) is 8.70. The number of carboxylic acids is 1. The van der Waals surface area contributed by atoms with Gasteiger partial charge in [0.25, 0.3) is 0 Å². The second-order valence-electron chi connectivity index (χ2n) is 7.49. The highest BCUT2D eigenvalue weighted by Crippen LogP contribution is 2.40. The molecule has 0 unspecified atom stereocenters. The van der Waals surface area contributed by atoms with Crippen LogP contribution >= 0.6 is 23.2 Å². The van der Waals surface area contributed by atoms with E-state index in [-0.39, 0.29) is 12.1 Å². The van der Waals surface area contributed by atoms with E-state index >= 15 is 0 Å². The SMILES string of the molecule is COc1cccc(OC)c1C1=N[C@H](c2ccc(Cl)cc2)[C@H](c2ccc(Cl)cc2)N1.O=C(O)C(F)(F)F. The van der Waals surface area contributed by atoms with E-state index in [0.717, 1.165) is 22.5 Å². The third kappa shape index (κ3) is 6.41. The number of methoxy groups -OCH3 is 2. The van der Waals surface area contributed by atoms with Gasteiger partial charge >= 0.3 is 12.1 Å². The summed E-state index contributed by atoms with van der Waals surface area (Å²) in [7, 11) is 3.28. The van der Waals surface area contributed by atoms with Crippen molar-refractivity contribution in [1.29, 1.82) is 0 Å². The van der Waals surface area contributed by atoms with Crippen LogP contribution in [0.5, 0.6) is 11.5 Å². The van der Waals surface area contributed by atoms with E-state index < -0.39 is 12.1 Å². The Bertz CT molecular complexity index is 1210. The van der Waals surface area contributed by atoms with Crippen molar-refractivity contribution in [2.45, 2.75) is 18.3 Å².